The van der Waals surface area contributed by atoms with Crippen molar-refractivity contribution in [3.8, 4) is 33.0 Å². The Morgan fingerprint density at radius 2 is 1.09 bits per heavy atom. The molecule has 7 fully saturated rings. The Balaban J connectivity index is 0.807. The molecule has 2 saturated heterocycles. The number of nitrogens with zero attached hydrogens (tertiary/aromatic N) is 6. The first-order valence-electron chi connectivity index (χ1n) is 29.6. The van der Waals surface area contributed by atoms with E-state index in [4.69, 9.17) is 9.97 Å². The fourth-order valence-corrected chi connectivity index (χ4v) is 18.4. The zero-order valence-electron chi connectivity index (χ0n) is 46.9. The number of hydrogen-bond donors (Lipinski definition) is 2. The van der Waals surface area contributed by atoms with Crippen molar-refractivity contribution in [2.24, 2.45) is 11.8 Å². The quantitative estimate of drug-likeness (QED) is 0.0985. The van der Waals surface area contributed by atoms with Crippen molar-refractivity contribution in [2.75, 3.05) is 59.0 Å². The summed E-state index contributed by atoms with van der Waals surface area (Å²) in [5, 5.41) is 26.6. The number of alkyl halides is 2. The minimum atomic E-state index is -3.56. The highest BCUT2D eigenvalue weighted by molar-refractivity contribution is 7.91. The lowest BCUT2D eigenvalue weighted by atomic mass is 9.69. The van der Waals surface area contributed by atoms with Gasteiger partial charge in [0, 0.05) is 72.2 Å². The summed E-state index contributed by atoms with van der Waals surface area (Å²) in [5.41, 5.74) is 3.68. The van der Waals surface area contributed by atoms with Gasteiger partial charge in [0.05, 0.1) is 56.3 Å². The average Bonchev–Trinajstić information content (AvgIpc) is 2.22. The highest BCUT2D eigenvalue weighted by Gasteiger charge is 2.52. The van der Waals surface area contributed by atoms with Crippen LogP contribution < -0.4 is 20.4 Å². The predicted molar refractivity (Wildman–Crippen MR) is 322 cm³/mol. The lowest BCUT2D eigenvalue weighted by Crippen LogP contribution is -2.43. The van der Waals surface area contributed by atoms with Crippen molar-refractivity contribution in [1.82, 2.24) is 20.6 Å². The number of thiazole rings is 2. The molecule has 6 aromatic rings. The molecule has 13 rings (SSSR count). The van der Waals surface area contributed by atoms with Crippen LogP contribution in [0.2, 0.25) is 0 Å². The monoisotopic (exact) mass is 1230 g/mol. The second-order valence-corrected chi connectivity index (χ2v) is 31.3. The van der Waals surface area contributed by atoms with Crippen LogP contribution >= 0.6 is 22.7 Å². The first-order chi connectivity index (χ1) is 40.8. The predicted octanol–water partition coefficient (Wildman–Crippen LogP) is 11.0. The van der Waals surface area contributed by atoms with Gasteiger partial charge in [0.1, 0.15) is 21.9 Å². The lowest BCUT2D eigenvalue weighted by Gasteiger charge is -2.36. The van der Waals surface area contributed by atoms with Gasteiger partial charge >= 0.3 is 5.92 Å². The number of sulfone groups is 2. The highest BCUT2D eigenvalue weighted by Crippen LogP contribution is 2.58. The molecule has 4 aromatic carbocycles. The second kappa shape index (κ2) is 21.9. The van der Waals surface area contributed by atoms with Crippen LogP contribution in [0.4, 0.5) is 24.5 Å². The number of carbonyl (C=O) groups is 2. The summed E-state index contributed by atoms with van der Waals surface area (Å²) in [6, 6.07) is 32.9. The van der Waals surface area contributed by atoms with Crippen LogP contribution in [-0.4, -0.2) is 98.9 Å². The van der Waals surface area contributed by atoms with E-state index >= 15 is 8.78 Å². The molecule has 2 aliphatic heterocycles. The minimum absolute atomic E-state index is 0.0443. The van der Waals surface area contributed by atoms with Crippen molar-refractivity contribution in [1.29, 1.82) is 10.5 Å². The van der Waals surface area contributed by atoms with Crippen LogP contribution in [0.5, 0.6) is 0 Å². The fraction of sp³-hybridized carbons (Fsp3) is 0.469. The number of hydrogen-bond acceptors (Lipinski definition) is 14. The minimum Gasteiger partial charge on any atom is -0.369 e. The average molecular weight is 1230 g/mol. The van der Waals surface area contributed by atoms with E-state index in [0.717, 1.165) is 80.7 Å². The van der Waals surface area contributed by atoms with Crippen molar-refractivity contribution in [3.05, 3.63) is 141 Å². The molecule has 442 valence electrons. The maximum atomic E-state index is 17.4. The molecule has 5 aliphatic carbocycles. The van der Waals surface area contributed by atoms with Crippen LogP contribution in [-0.2, 0) is 40.6 Å². The number of anilines is 2. The number of halogens is 3. The first kappa shape index (κ1) is 57.4. The molecule has 7 aliphatic rings. The molecule has 0 bridgehead atoms. The molecule has 5 atom stereocenters. The molecule has 0 radical (unpaired) electrons. The fourth-order valence-electron chi connectivity index (χ4n) is 13.4. The summed E-state index contributed by atoms with van der Waals surface area (Å²) in [7, 11) is -6.21. The molecule has 85 heavy (non-hydrogen) atoms. The molecule has 2 amide bonds. The van der Waals surface area contributed by atoms with Gasteiger partial charge in [-0.1, -0.05) is 73.5 Å². The van der Waals surface area contributed by atoms with E-state index in [9.17, 15) is 41.3 Å². The molecule has 1 unspecified atom stereocenters. The van der Waals surface area contributed by atoms with Crippen LogP contribution in [0.15, 0.2) is 97.1 Å². The smallest absolute Gasteiger partial charge is 0.324 e. The van der Waals surface area contributed by atoms with E-state index in [0.29, 0.717) is 100 Å². The third-order valence-corrected chi connectivity index (χ3v) is 24.9. The molecular weight excluding hydrogens is 1160 g/mol. The number of carbonyl (C=O) groups excluding carboxylic acids is 2. The number of benzene rings is 4. The molecule has 21 heteroatoms. The molecule has 4 heterocycles. The molecule has 2 aromatic heterocycles. The standard InChI is InChI=1S/C64H65F3N8O6S4/c65-46-16-14-44(15-17-46)63(27-28-63)59-70-54(55(82-59)41-7-18-47(19-8-41)74-29-33-84(78,79)34-30-74)50-22-11-43(37-52(50)58(77)73-62(39-69)25-26-62)40-5-12-45(13-6-40)64(66,67)60-71-53(49-3-1-2-4-51(49)57(76)72-61(38-68)23-24-61)56(83-60)42-9-20-48(21-10-42)75-31-35-85(80,81)36-32-75/h5-10,12-21,43,49-52H,1-4,11,22-37H2,(H,72,76)(H,73,77)/t43?,49-,50-,51-,52-/m1/s1. The van der Waals surface area contributed by atoms with E-state index in [1.54, 1.807) is 23.5 Å². The molecule has 2 N–H and O–H groups in total. The Kier molecular flexibility index (Phi) is 14.8. The highest BCUT2D eigenvalue weighted by atomic mass is 32.2. The normalized spacial score (nSPS) is 25.2. The topological polar surface area (TPSA) is 206 Å². The van der Waals surface area contributed by atoms with Crippen molar-refractivity contribution >= 4 is 65.5 Å². The number of nitrogens with one attached hydrogen (secondary N) is 2. The molecular formula is C64H65F3N8O6S4. The van der Waals surface area contributed by atoms with E-state index in [-0.39, 0.29) is 58.0 Å². The van der Waals surface area contributed by atoms with Gasteiger partial charge in [-0.05, 0) is 135 Å². The molecule has 14 nitrogen and oxygen atoms in total. The summed E-state index contributed by atoms with van der Waals surface area (Å²) in [5.74, 6) is -6.45. The summed E-state index contributed by atoms with van der Waals surface area (Å²) >= 11 is 2.48. The van der Waals surface area contributed by atoms with Crippen LogP contribution in [0, 0.1) is 40.3 Å². The molecule has 5 saturated carbocycles. The zero-order valence-corrected chi connectivity index (χ0v) is 50.1. The van der Waals surface area contributed by atoms with Crippen LogP contribution in [0.25, 0.3) is 20.9 Å². The third kappa shape index (κ3) is 11.4. The van der Waals surface area contributed by atoms with Crippen molar-refractivity contribution in [2.45, 2.75) is 124 Å². The zero-order chi connectivity index (χ0) is 59.1. The van der Waals surface area contributed by atoms with Gasteiger partial charge in [0.15, 0.2) is 24.7 Å². The number of aromatic nitrogens is 2. The number of nitriles is 2. The van der Waals surface area contributed by atoms with Gasteiger partial charge in [-0.2, -0.15) is 19.3 Å². The Morgan fingerprint density at radius 3 is 1.61 bits per heavy atom. The summed E-state index contributed by atoms with van der Waals surface area (Å²) in [6.45, 7) is 1.48. The second-order valence-electron chi connectivity index (χ2n) is 24.7. The first-order valence-corrected chi connectivity index (χ1v) is 34.9. The Hall–Kier alpha value is -6.65. The summed E-state index contributed by atoms with van der Waals surface area (Å²) in [6.07, 6.45) is 7.97. The number of rotatable bonds is 15. The molecule has 0 spiro atoms. The summed E-state index contributed by atoms with van der Waals surface area (Å²) < 4.78 is 98.2. The van der Waals surface area contributed by atoms with Gasteiger partial charge in [-0.25, -0.2) is 31.2 Å². The SMILES string of the molecule is N#CC1(NC(=O)[C@@H]2CCCC[C@H]2c2nc(C(F)(F)c3ccc(C4CC[C@@H](c5nc(C6(c7ccc(F)cc7)CC6)sc5-c5ccc(N6CCS(=O)(=O)CC6)cc5)[C@H](C(=O)NC5(C#N)CC5)C4)cc3)sc2-c2ccc(N3CCS(=O)(=O)CC3)cc2)CC1. The van der Waals surface area contributed by atoms with Crippen molar-refractivity contribution in [3.63, 3.8) is 0 Å². The van der Waals surface area contributed by atoms with E-state index in [1.807, 2.05) is 65.6 Å². The van der Waals surface area contributed by atoms with Crippen LogP contribution in [0.3, 0.4) is 0 Å². The Bertz CT molecular complexity index is 3860. The van der Waals surface area contributed by atoms with E-state index in [2.05, 4.69) is 27.7 Å². The van der Waals surface area contributed by atoms with Crippen molar-refractivity contribution < 1.29 is 39.6 Å². The van der Waals surface area contributed by atoms with E-state index in [1.165, 1.54) is 24.3 Å². The van der Waals surface area contributed by atoms with Gasteiger partial charge in [-0.15, -0.1) is 22.7 Å². The maximum Gasteiger partial charge on any atom is 0.324 e. The van der Waals surface area contributed by atoms with Gasteiger partial charge in [0.25, 0.3) is 0 Å². The third-order valence-electron chi connectivity index (χ3n) is 19.2. The van der Waals surface area contributed by atoms with Gasteiger partial charge in [-0.3, -0.25) is 9.59 Å². The lowest BCUT2D eigenvalue weighted by molar-refractivity contribution is -0.128. The largest absolute Gasteiger partial charge is 0.369 e. The summed E-state index contributed by atoms with van der Waals surface area (Å²) in [4.78, 5) is 44.7. The van der Waals surface area contributed by atoms with Gasteiger partial charge < -0.3 is 20.4 Å². The number of amides is 2. The van der Waals surface area contributed by atoms with Gasteiger partial charge in [0.2, 0.25) is 11.8 Å². The Morgan fingerprint density at radius 1 is 0.600 bits per heavy atom. The van der Waals surface area contributed by atoms with E-state index < -0.39 is 64.9 Å². The Labute approximate surface area is 501 Å². The maximum absolute atomic E-state index is 17.4. The van der Waals surface area contributed by atoms with Crippen LogP contribution in [0.1, 0.15) is 139 Å².